The van der Waals surface area contributed by atoms with E-state index in [4.69, 9.17) is 17.0 Å². The summed E-state index contributed by atoms with van der Waals surface area (Å²) in [5.41, 5.74) is 0. The summed E-state index contributed by atoms with van der Waals surface area (Å²) in [4.78, 5) is 13.1. The van der Waals surface area contributed by atoms with Gasteiger partial charge in [0.1, 0.15) is 0 Å². The van der Waals surface area contributed by atoms with Crippen molar-refractivity contribution in [3.8, 4) is 0 Å². The van der Waals surface area contributed by atoms with E-state index >= 15 is 0 Å². The summed E-state index contributed by atoms with van der Waals surface area (Å²) in [5.74, 6) is 0.212. The lowest BCUT2D eigenvalue weighted by atomic mass is 10.1. The van der Waals surface area contributed by atoms with Gasteiger partial charge in [-0.15, -0.1) is 0 Å². The van der Waals surface area contributed by atoms with E-state index in [0.717, 1.165) is 39.1 Å². The van der Waals surface area contributed by atoms with Crippen LogP contribution in [0.25, 0.3) is 0 Å². The van der Waals surface area contributed by atoms with Crippen LogP contribution in [0.4, 0.5) is 0 Å². The summed E-state index contributed by atoms with van der Waals surface area (Å²) < 4.78 is 5.24. The van der Waals surface area contributed by atoms with Gasteiger partial charge < -0.3 is 20.3 Å². The highest BCUT2D eigenvalue weighted by molar-refractivity contribution is 7.80. The second kappa shape index (κ2) is 8.26. The molecular formula is C12H23N3O2S. The first kappa shape index (κ1) is 15.2. The van der Waals surface area contributed by atoms with Gasteiger partial charge in [-0.25, -0.2) is 0 Å². The summed E-state index contributed by atoms with van der Waals surface area (Å²) in [6.07, 6.45) is 2.39. The quantitative estimate of drug-likeness (QED) is 0.545. The van der Waals surface area contributed by atoms with E-state index in [2.05, 4.69) is 10.6 Å². The molecular weight excluding hydrogens is 250 g/mol. The largest absolute Gasteiger partial charge is 0.382 e. The van der Waals surface area contributed by atoms with Gasteiger partial charge in [-0.05, 0) is 32.0 Å². The fourth-order valence-electron chi connectivity index (χ4n) is 1.89. The molecule has 1 aliphatic heterocycles. The third-order valence-corrected chi connectivity index (χ3v) is 3.18. The molecule has 0 aromatic rings. The molecule has 0 spiro atoms. The van der Waals surface area contributed by atoms with E-state index in [0.29, 0.717) is 11.5 Å². The number of rotatable bonds is 6. The maximum absolute atomic E-state index is 11.3. The second-order valence-corrected chi connectivity index (χ2v) is 4.87. The normalized spacial score (nSPS) is 19.8. The van der Waals surface area contributed by atoms with Gasteiger partial charge in [-0.3, -0.25) is 4.79 Å². The predicted octanol–water partition coefficient (Wildman–Crippen LogP) is 0.498. The third-order valence-electron chi connectivity index (χ3n) is 2.92. The maximum atomic E-state index is 11.3. The van der Waals surface area contributed by atoms with Crippen LogP contribution in [0.3, 0.4) is 0 Å². The summed E-state index contributed by atoms with van der Waals surface area (Å²) >= 11 is 5.21. The Bertz CT molecular complexity index is 286. The Morgan fingerprint density at radius 2 is 2.39 bits per heavy atom. The average molecular weight is 273 g/mol. The molecule has 1 amide bonds. The minimum absolute atomic E-state index is 0.212. The smallest absolute Gasteiger partial charge is 0.222 e. The van der Waals surface area contributed by atoms with Crippen LogP contribution in [0.2, 0.25) is 0 Å². The van der Waals surface area contributed by atoms with Crippen molar-refractivity contribution in [1.82, 2.24) is 15.5 Å². The first-order valence-electron chi connectivity index (χ1n) is 6.49. The van der Waals surface area contributed by atoms with Crippen LogP contribution in [-0.2, 0) is 9.53 Å². The molecule has 5 nitrogen and oxygen atoms in total. The summed E-state index contributed by atoms with van der Waals surface area (Å²) in [5, 5.41) is 7.06. The van der Waals surface area contributed by atoms with Crippen molar-refractivity contribution < 1.29 is 9.53 Å². The van der Waals surface area contributed by atoms with Crippen molar-refractivity contribution in [3.63, 3.8) is 0 Å². The van der Waals surface area contributed by atoms with Crippen LogP contribution >= 0.6 is 12.2 Å². The van der Waals surface area contributed by atoms with Crippen molar-refractivity contribution in [2.24, 2.45) is 0 Å². The van der Waals surface area contributed by atoms with Crippen molar-refractivity contribution in [2.75, 3.05) is 33.4 Å². The monoisotopic (exact) mass is 273 g/mol. The van der Waals surface area contributed by atoms with Crippen LogP contribution in [0.1, 0.15) is 26.2 Å². The lowest BCUT2D eigenvalue weighted by Crippen LogP contribution is -2.51. The van der Waals surface area contributed by atoms with Gasteiger partial charge in [0.15, 0.2) is 5.11 Å². The Hall–Kier alpha value is -0.880. The minimum Gasteiger partial charge on any atom is -0.382 e. The Morgan fingerprint density at radius 1 is 1.61 bits per heavy atom. The number of likely N-dealkylation sites (tertiary alicyclic amines) is 1. The molecule has 0 saturated carbocycles. The molecule has 0 radical (unpaired) electrons. The van der Waals surface area contributed by atoms with Crippen molar-refractivity contribution in [2.45, 2.75) is 32.2 Å². The number of thiocarbonyl (C=S) groups is 1. The van der Waals surface area contributed by atoms with Crippen LogP contribution < -0.4 is 10.6 Å². The lowest BCUT2D eigenvalue weighted by molar-refractivity contribution is -0.132. The molecule has 0 aromatic carbocycles. The van der Waals surface area contributed by atoms with E-state index in [-0.39, 0.29) is 11.9 Å². The SMILES string of the molecule is CCOCCCNC(=S)NC1CCC(=O)N(C)C1. The van der Waals surface area contributed by atoms with Crippen LogP contribution in [-0.4, -0.2) is 55.3 Å². The Labute approximate surface area is 114 Å². The molecule has 1 aliphatic rings. The van der Waals surface area contributed by atoms with Crippen molar-refractivity contribution in [1.29, 1.82) is 0 Å². The van der Waals surface area contributed by atoms with E-state index < -0.39 is 0 Å². The molecule has 18 heavy (non-hydrogen) atoms. The number of nitrogens with one attached hydrogen (secondary N) is 2. The lowest BCUT2D eigenvalue weighted by Gasteiger charge is -2.30. The Kier molecular flexibility index (Phi) is 6.97. The van der Waals surface area contributed by atoms with E-state index in [9.17, 15) is 4.79 Å². The molecule has 1 unspecified atom stereocenters. The number of nitrogens with zero attached hydrogens (tertiary/aromatic N) is 1. The number of hydrogen-bond acceptors (Lipinski definition) is 3. The van der Waals surface area contributed by atoms with E-state index in [1.807, 2.05) is 14.0 Å². The molecule has 6 heteroatoms. The summed E-state index contributed by atoms with van der Waals surface area (Å²) in [6, 6.07) is 0.264. The highest BCUT2D eigenvalue weighted by Gasteiger charge is 2.22. The first-order valence-corrected chi connectivity index (χ1v) is 6.90. The van der Waals surface area contributed by atoms with Gasteiger partial charge in [0.2, 0.25) is 5.91 Å². The highest BCUT2D eigenvalue weighted by Crippen LogP contribution is 2.09. The average Bonchev–Trinajstić information content (AvgIpc) is 2.34. The van der Waals surface area contributed by atoms with Gasteiger partial charge in [0, 0.05) is 45.8 Å². The summed E-state index contributed by atoms with van der Waals surface area (Å²) in [6.45, 7) is 5.03. The number of piperidine rings is 1. The molecule has 104 valence electrons. The number of amides is 1. The van der Waals surface area contributed by atoms with Crippen molar-refractivity contribution >= 4 is 23.2 Å². The number of carbonyl (C=O) groups excluding carboxylic acids is 1. The zero-order valence-corrected chi connectivity index (χ0v) is 12.0. The zero-order chi connectivity index (χ0) is 13.4. The van der Waals surface area contributed by atoms with Gasteiger partial charge in [0.05, 0.1) is 0 Å². The predicted molar refractivity (Wildman–Crippen MR) is 75.5 cm³/mol. The summed E-state index contributed by atoms with van der Waals surface area (Å²) in [7, 11) is 1.83. The van der Waals surface area contributed by atoms with Gasteiger partial charge in [-0.2, -0.15) is 0 Å². The number of hydrogen-bond donors (Lipinski definition) is 2. The van der Waals surface area contributed by atoms with E-state index in [1.165, 1.54) is 0 Å². The molecule has 1 fully saturated rings. The molecule has 1 saturated heterocycles. The molecule has 0 bridgehead atoms. The molecule has 1 rings (SSSR count). The van der Waals surface area contributed by atoms with Crippen molar-refractivity contribution in [3.05, 3.63) is 0 Å². The molecule has 2 N–H and O–H groups in total. The zero-order valence-electron chi connectivity index (χ0n) is 11.2. The standard InChI is InChI=1S/C12H23N3O2S/c1-3-17-8-4-7-13-12(18)14-10-5-6-11(16)15(2)9-10/h10H,3-9H2,1-2H3,(H2,13,14,18). The Balaban J connectivity index is 2.10. The van der Waals surface area contributed by atoms with Crippen LogP contribution in [0.5, 0.6) is 0 Å². The van der Waals surface area contributed by atoms with Crippen LogP contribution in [0.15, 0.2) is 0 Å². The molecule has 1 heterocycles. The maximum Gasteiger partial charge on any atom is 0.222 e. The van der Waals surface area contributed by atoms with Crippen LogP contribution in [0, 0.1) is 0 Å². The first-order chi connectivity index (χ1) is 8.63. The number of likely N-dealkylation sites (N-methyl/N-ethyl adjacent to an activating group) is 1. The van der Waals surface area contributed by atoms with Gasteiger partial charge >= 0.3 is 0 Å². The molecule has 1 atom stereocenters. The van der Waals surface area contributed by atoms with E-state index in [1.54, 1.807) is 4.90 Å². The highest BCUT2D eigenvalue weighted by atomic mass is 32.1. The Morgan fingerprint density at radius 3 is 3.06 bits per heavy atom. The van der Waals surface area contributed by atoms with Gasteiger partial charge in [0.25, 0.3) is 0 Å². The fraction of sp³-hybridized carbons (Fsp3) is 0.833. The second-order valence-electron chi connectivity index (χ2n) is 4.46. The fourth-order valence-corrected chi connectivity index (χ4v) is 2.16. The molecule has 0 aliphatic carbocycles. The number of ether oxygens (including phenoxy) is 1. The minimum atomic E-state index is 0.212. The molecule has 0 aromatic heterocycles. The topological polar surface area (TPSA) is 53.6 Å². The van der Waals surface area contributed by atoms with Gasteiger partial charge in [-0.1, -0.05) is 0 Å². The third kappa shape index (κ3) is 5.64. The number of carbonyl (C=O) groups is 1.